The summed E-state index contributed by atoms with van der Waals surface area (Å²) in [5.41, 5.74) is 2.45. The van der Waals surface area contributed by atoms with E-state index in [0.29, 0.717) is 0 Å². The third kappa shape index (κ3) is 1.41. The van der Waals surface area contributed by atoms with E-state index >= 15 is 0 Å². The fourth-order valence-electron chi connectivity index (χ4n) is 2.58. The average molecular weight is 233 g/mol. The van der Waals surface area contributed by atoms with Gasteiger partial charge in [0.25, 0.3) is 0 Å². The maximum absolute atomic E-state index is 3.91. The highest BCUT2D eigenvalue weighted by atomic mass is 15.0. The molecule has 0 aliphatic rings. The summed E-state index contributed by atoms with van der Waals surface area (Å²) < 4.78 is 2.28. The fourth-order valence-corrected chi connectivity index (χ4v) is 2.58. The third-order valence-electron chi connectivity index (χ3n) is 3.40. The number of hydrogen-bond donors (Lipinski definition) is 0. The van der Waals surface area contributed by atoms with Gasteiger partial charge in [0, 0.05) is 21.8 Å². The summed E-state index contributed by atoms with van der Waals surface area (Å²) in [5.74, 6) is 0. The molecule has 3 aromatic rings. The molecule has 0 amide bonds. The molecule has 0 aliphatic carbocycles. The molecular formula is C17H15N. The van der Waals surface area contributed by atoms with Gasteiger partial charge in [-0.3, -0.25) is 0 Å². The highest BCUT2D eigenvalue weighted by Gasteiger charge is 2.12. The van der Waals surface area contributed by atoms with E-state index in [4.69, 9.17) is 0 Å². The van der Waals surface area contributed by atoms with E-state index in [9.17, 15) is 0 Å². The Bertz CT molecular complexity index is 672. The minimum atomic E-state index is 0.120. The standard InChI is InChI=1S/C17H15N/c1-3-13(4-2)18-16-11-7-5-9-14(16)15-10-6-8-12-17(15)18/h3-13H,1-2H2. The predicted octanol–water partition coefficient (Wildman–Crippen LogP) is 4.71. The largest absolute Gasteiger partial charge is 0.330 e. The van der Waals surface area contributed by atoms with Crippen LogP contribution in [0.4, 0.5) is 0 Å². The zero-order valence-corrected chi connectivity index (χ0v) is 10.2. The van der Waals surface area contributed by atoms with Crippen LogP contribution in [0, 0.1) is 0 Å². The van der Waals surface area contributed by atoms with Gasteiger partial charge in [-0.15, -0.1) is 13.2 Å². The molecule has 0 saturated heterocycles. The SMILES string of the molecule is C=CC(C=C)n1c2ccccc2c2ccccc21. The van der Waals surface area contributed by atoms with Gasteiger partial charge in [0.2, 0.25) is 0 Å². The zero-order valence-electron chi connectivity index (χ0n) is 10.2. The van der Waals surface area contributed by atoms with Gasteiger partial charge in [-0.1, -0.05) is 48.6 Å². The van der Waals surface area contributed by atoms with Gasteiger partial charge >= 0.3 is 0 Å². The third-order valence-corrected chi connectivity index (χ3v) is 3.40. The van der Waals surface area contributed by atoms with Gasteiger partial charge in [-0.2, -0.15) is 0 Å². The van der Waals surface area contributed by atoms with E-state index in [2.05, 4.69) is 66.3 Å². The van der Waals surface area contributed by atoms with E-state index in [1.54, 1.807) is 0 Å². The second kappa shape index (κ2) is 4.19. The van der Waals surface area contributed by atoms with Crippen molar-refractivity contribution in [3.8, 4) is 0 Å². The quantitative estimate of drug-likeness (QED) is 0.577. The van der Waals surface area contributed by atoms with Crippen LogP contribution in [0.15, 0.2) is 73.8 Å². The van der Waals surface area contributed by atoms with Crippen LogP contribution in [0.5, 0.6) is 0 Å². The van der Waals surface area contributed by atoms with Crippen molar-refractivity contribution in [1.29, 1.82) is 0 Å². The predicted molar refractivity (Wildman–Crippen MR) is 78.9 cm³/mol. The Kier molecular flexibility index (Phi) is 2.52. The Labute approximate surface area is 107 Å². The lowest BCUT2D eigenvalue weighted by Crippen LogP contribution is -2.02. The Morgan fingerprint density at radius 1 is 0.778 bits per heavy atom. The molecule has 0 saturated carbocycles. The molecule has 18 heavy (non-hydrogen) atoms. The molecular weight excluding hydrogens is 218 g/mol. The van der Waals surface area contributed by atoms with Crippen molar-refractivity contribution in [2.45, 2.75) is 6.04 Å². The minimum Gasteiger partial charge on any atom is -0.330 e. The molecule has 0 aliphatic heterocycles. The Morgan fingerprint density at radius 2 is 1.22 bits per heavy atom. The molecule has 88 valence electrons. The lowest BCUT2D eigenvalue weighted by Gasteiger charge is -2.13. The molecule has 0 N–H and O–H groups in total. The molecule has 0 fully saturated rings. The smallest absolute Gasteiger partial charge is 0.0701 e. The Balaban J connectivity index is 2.52. The van der Waals surface area contributed by atoms with Crippen molar-refractivity contribution >= 4 is 21.8 Å². The van der Waals surface area contributed by atoms with Crippen LogP contribution in [0.2, 0.25) is 0 Å². The van der Waals surface area contributed by atoms with E-state index in [-0.39, 0.29) is 6.04 Å². The van der Waals surface area contributed by atoms with E-state index in [1.165, 1.54) is 21.8 Å². The van der Waals surface area contributed by atoms with Crippen LogP contribution in [0.1, 0.15) is 6.04 Å². The number of aromatic nitrogens is 1. The van der Waals surface area contributed by atoms with Crippen molar-refractivity contribution < 1.29 is 0 Å². The van der Waals surface area contributed by atoms with Crippen LogP contribution in [-0.2, 0) is 0 Å². The molecule has 1 aromatic heterocycles. The number of nitrogens with zero attached hydrogens (tertiary/aromatic N) is 1. The summed E-state index contributed by atoms with van der Waals surface area (Å²) in [5, 5.41) is 2.56. The zero-order chi connectivity index (χ0) is 12.5. The van der Waals surface area contributed by atoms with Crippen LogP contribution < -0.4 is 0 Å². The van der Waals surface area contributed by atoms with Gasteiger partial charge in [0.15, 0.2) is 0 Å². The molecule has 0 spiro atoms. The summed E-state index contributed by atoms with van der Waals surface area (Å²) >= 11 is 0. The lowest BCUT2D eigenvalue weighted by atomic mass is 10.2. The van der Waals surface area contributed by atoms with E-state index < -0.39 is 0 Å². The van der Waals surface area contributed by atoms with Crippen molar-refractivity contribution in [2.24, 2.45) is 0 Å². The molecule has 0 radical (unpaired) electrons. The molecule has 0 unspecified atom stereocenters. The second-order valence-corrected chi connectivity index (χ2v) is 4.37. The Morgan fingerprint density at radius 3 is 1.67 bits per heavy atom. The van der Waals surface area contributed by atoms with Crippen LogP contribution in [0.25, 0.3) is 21.8 Å². The van der Waals surface area contributed by atoms with E-state index in [1.807, 2.05) is 12.2 Å². The summed E-state index contributed by atoms with van der Waals surface area (Å²) in [6.45, 7) is 7.82. The number of para-hydroxylation sites is 2. The van der Waals surface area contributed by atoms with Gasteiger partial charge < -0.3 is 4.57 Å². The summed E-state index contributed by atoms with van der Waals surface area (Å²) in [6, 6.07) is 17.0. The molecule has 1 heteroatoms. The van der Waals surface area contributed by atoms with Gasteiger partial charge in [-0.05, 0) is 12.1 Å². The van der Waals surface area contributed by atoms with E-state index in [0.717, 1.165) is 0 Å². The van der Waals surface area contributed by atoms with Crippen molar-refractivity contribution in [3.05, 3.63) is 73.8 Å². The molecule has 1 heterocycles. The molecule has 0 atom stereocenters. The first-order chi connectivity index (χ1) is 8.86. The van der Waals surface area contributed by atoms with Crippen LogP contribution in [-0.4, -0.2) is 4.57 Å². The minimum absolute atomic E-state index is 0.120. The van der Waals surface area contributed by atoms with Crippen molar-refractivity contribution in [3.63, 3.8) is 0 Å². The topological polar surface area (TPSA) is 4.93 Å². The first-order valence-corrected chi connectivity index (χ1v) is 6.09. The number of rotatable bonds is 3. The highest BCUT2D eigenvalue weighted by Crippen LogP contribution is 2.32. The summed E-state index contributed by atoms with van der Waals surface area (Å²) in [7, 11) is 0. The summed E-state index contributed by atoms with van der Waals surface area (Å²) in [6.07, 6.45) is 3.84. The first-order valence-electron chi connectivity index (χ1n) is 6.09. The molecule has 1 nitrogen and oxygen atoms in total. The molecule has 3 rings (SSSR count). The number of allylic oxidation sites excluding steroid dienone is 2. The summed E-state index contributed by atoms with van der Waals surface area (Å²) in [4.78, 5) is 0. The monoisotopic (exact) mass is 233 g/mol. The molecule has 2 aromatic carbocycles. The van der Waals surface area contributed by atoms with Gasteiger partial charge in [-0.25, -0.2) is 0 Å². The van der Waals surface area contributed by atoms with Gasteiger partial charge in [0.1, 0.15) is 0 Å². The Hall–Kier alpha value is -2.28. The number of hydrogen-bond acceptors (Lipinski definition) is 0. The highest BCUT2D eigenvalue weighted by molar-refractivity contribution is 6.08. The van der Waals surface area contributed by atoms with Crippen LogP contribution >= 0.6 is 0 Å². The first kappa shape index (κ1) is 10.8. The second-order valence-electron chi connectivity index (χ2n) is 4.37. The average Bonchev–Trinajstić information content (AvgIpc) is 2.76. The van der Waals surface area contributed by atoms with Crippen molar-refractivity contribution in [2.75, 3.05) is 0 Å². The molecule has 0 bridgehead atoms. The number of fused-ring (bicyclic) bond motifs is 3. The number of benzene rings is 2. The normalized spacial score (nSPS) is 11.2. The fraction of sp³-hybridized carbons (Fsp3) is 0.0588. The van der Waals surface area contributed by atoms with Gasteiger partial charge in [0.05, 0.1) is 6.04 Å². The van der Waals surface area contributed by atoms with Crippen LogP contribution in [0.3, 0.4) is 0 Å². The van der Waals surface area contributed by atoms with Crippen molar-refractivity contribution in [1.82, 2.24) is 4.57 Å². The maximum Gasteiger partial charge on any atom is 0.0701 e. The lowest BCUT2D eigenvalue weighted by molar-refractivity contribution is 0.785. The maximum atomic E-state index is 3.91.